The van der Waals surface area contributed by atoms with Crippen molar-refractivity contribution in [3.8, 4) is 46.1 Å². The average molecular weight is 642 g/mol. The van der Waals surface area contributed by atoms with Gasteiger partial charge in [0.15, 0.2) is 80.8 Å². The summed E-state index contributed by atoms with van der Waals surface area (Å²) in [5.41, 5.74) is 45.2. The van der Waals surface area contributed by atoms with Gasteiger partial charge in [-0.15, -0.1) is 0 Å². The van der Waals surface area contributed by atoms with Crippen LogP contribution in [-0.4, -0.2) is 79.7 Å². The highest BCUT2D eigenvalue weighted by molar-refractivity contribution is 6.02. The molecule has 16 N–H and O–H groups in total. The van der Waals surface area contributed by atoms with E-state index in [0.717, 1.165) is 0 Å². The molecule has 0 aromatic carbocycles. The molecular formula is C25H19N23. The van der Waals surface area contributed by atoms with E-state index in [1.54, 1.807) is 6.92 Å². The van der Waals surface area contributed by atoms with Crippen molar-refractivity contribution in [3.05, 3.63) is 5.69 Å². The lowest BCUT2D eigenvalue weighted by Crippen LogP contribution is -2.03. The molecule has 234 valence electrons. The number of H-pyrrole nitrogens is 2. The largest absolute Gasteiger partial charge is 0.382 e. The van der Waals surface area contributed by atoms with E-state index in [1.807, 2.05) is 0 Å². The third-order valence-corrected chi connectivity index (χ3v) is 7.47. The number of anilines is 7. The predicted octanol–water partition coefficient (Wildman–Crippen LogP) is -0.587. The summed E-state index contributed by atoms with van der Waals surface area (Å²) in [6.45, 7) is 1.70. The van der Waals surface area contributed by atoms with E-state index in [0.29, 0.717) is 11.2 Å². The number of nitrogens with one attached hydrogen (secondary N) is 2. The number of aryl methyl sites for hydroxylation is 1. The molecule has 7 aromatic heterocycles. The molecule has 0 radical (unpaired) electrons. The second kappa shape index (κ2) is 8.93. The zero-order valence-corrected chi connectivity index (χ0v) is 24.3. The molecule has 9 rings (SSSR count). The Morgan fingerprint density at radius 1 is 0.312 bits per heavy atom. The van der Waals surface area contributed by atoms with Crippen molar-refractivity contribution in [1.29, 1.82) is 0 Å². The number of aromatic nitrogens is 16. The highest BCUT2D eigenvalue weighted by atomic mass is 15.2. The molecule has 0 saturated heterocycles. The first-order valence-corrected chi connectivity index (χ1v) is 13.8. The van der Waals surface area contributed by atoms with Gasteiger partial charge in [-0.2, -0.15) is 0 Å². The van der Waals surface area contributed by atoms with E-state index in [2.05, 4.69) is 59.8 Å². The van der Waals surface area contributed by atoms with E-state index in [1.165, 1.54) is 0 Å². The van der Waals surface area contributed by atoms with Crippen LogP contribution in [0.4, 0.5) is 40.7 Å². The van der Waals surface area contributed by atoms with Crippen LogP contribution < -0.4 is 40.1 Å². The summed E-state index contributed by atoms with van der Waals surface area (Å²) >= 11 is 0. The van der Waals surface area contributed by atoms with Crippen molar-refractivity contribution in [2.75, 3.05) is 40.1 Å². The van der Waals surface area contributed by atoms with Crippen LogP contribution in [0.1, 0.15) is 5.69 Å². The minimum atomic E-state index is -0.0427. The topological polar surface area (TPSA) is 394 Å². The van der Waals surface area contributed by atoms with Gasteiger partial charge < -0.3 is 50.1 Å². The summed E-state index contributed by atoms with van der Waals surface area (Å²) in [7, 11) is 0. The molecule has 2 aliphatic rings. The number of hydrogen-bond acceptors (Lipinski definition) is 21. The summed E-state index contributed by atoms with van der Waals surface area (Å²) in [4.78, 5) is 69.9. The Balaban J connectivity index is 1.52. The number of hydrogen-bond donors (Lipinski definition) is 9. The second-order valence-corrected chi connectivity index (χ2v) is 10.6. The lowest BCUT2D eigenvalue weighted by Gasteiger charge is -2.02. The van der Waals surface area contributed by atoms with Crippen molar-refractivity contribution in [2.24, 2.45) is 0 Å². The Labute approximate surface area is 264 Å². The molecule has 2 aliphatic heterocycles. The van der Waals surface area contributed by atoms with E-state index in [-0.39, 0.29) is 126 Å². The van der Waals surface area contributed by atoms with Gasteiger partial charge in [0.2, 0.25) is 0 Å². The number of nitrogens with two attached hydrogens (primary N) is 7. The van der Waals surface area contributed by atoms with Crippen molar-refractivity contribution < 1.29 is 0 Å². The molecule has 48 heavy (non-hydrogen) atoms. The quantitative estimate of drug-likeness (QED) is 0.0998. The third-order valence-electron chi connectivity index (χ3n) is 7.47. The van der Waals surface area contributed by atoms with Crippen LogP contribution in [0.5, 0.6) is 0 Å². The summed E-state index contributed by atoms with van der Waals surface area (Å²) in [6.07, 6.45) is 0. The number of aromatic amines is 2. The SMILES string of the molecule is Cc1nc2c3nc4nc(nc5[nH]c(nc6nc(nc([nH]3)c2nc1N)-c1nc(N)c(N)nc1-6)c1nc(N)c(N)nc51)-c1nc(N)c(N)nc1-4. The number of rotatable bonds is 0. The standard InChI is InChI=1S/C25H19N23/c1-2-11(26)34-4-3(33-2)18-41-19(4)43-21-7-8(38-15(30)14(29)37-7)23(45-21)47-25-10-9(39-16(31)17(32)40-10)24(48-25)46-22-6-5(20(42-18)44-22)35-12(27)13(28)36-6/h1H3,(H2,26,34)(H2,27,35)(H2,28,36)(H2,29,37)(H2,30,38)(H2,31,39)(H2,32,40)(H2,41,42,43,44,45,46,47,48). The van der Waals surface area contributed by atoms with Gasteiger partial charge in [-0.05, 0) is 6.92 Å². The summed E-state index contributed by atoms with van der Waals surface area (Å²) in [5.74, 6) is 0.180. The molecule has 23 nitrogen and oxygen atoms in total. The van der Waals surface area contributed by atoms with Crippen LogP contribution in [0.25, 0.3) is 90.7 Å². The van der Waals surface area contributed by atoms with Gasteiger partial charge in [-0.3, -0.25) is 0 Å². The van der Waals surface area contributed by atoms with E-state index in [4.69, 9.17) is 60.1 Å². The molecule has 0 saturated carbocycles. The van der Waals surface area contributed by atoms with Crippen molar-refractivity contribution in [1.82, 2.24) is 79.7 Å². The Bertz CT molecular complexity index is 2410. The van der Waals surface area contributed by atoms with Gasteiger partial charge in [0.25, 0.3) is 0 Å². The molecule has 0 spiro atoms. The summed E-state index contributed by atoms with van der Waals surface area (Å²) < 4.78 is 0. The first kappa shape index (κ1) is 26.7. The lowest BCUT2D eigenvalue weighted by molar-refractivity contribution is 1.18. The van der Waals surface area contributed by atoms with Gasteiger partial charge in [0, 0.05) is 0 Å². The first-order chi connectivity index (χ1) is 23.0. The van der Waals surface area contributed by atoms with Gasteiger partial charge in [-0.1, -0.05) is 0 Å². The minimum Gasteiger partial charge on any atom is -0.382 e. The lowest BCUT2D eigenvalue weighted by atomic mass is 10.3. The molecule has 0 unspecified atom stereocenters. The zero-order chi connectivity index (χ0) is 33.2. The zero-order valence-electron chi connectivity index (χ0n) is 24.3. The maximum absolute atomic E-state index is 6.16. The normalized spacial score (nSPS) is 12.0. The van der Waals surface area contributed by atoms with Crippen molar-refractivity contribution >= 4 is 85.4 Å². The molecule has 0 aliphatic carbocycles. The molecule has 0 amide bonds. The fourth-order valence-electron chi connectivity index (χ4n) is 5.13. The average Bonchev–Trinajstić information content (AvgIpc) is 3.74. The van der Waals surface area contributed by atoms with Crippen molar-refractivity contribution in [2.45, 2.75) is 6.92 Å². The molecule has 0 atom stereocenters. The second-order valence-electron chi connectivity index (χ2n) is 10.6. The molecule has 9 heterocycles. The highest BCUT2D eigenvalue weighted by Crippen LogP contribution is 2.36. The van der Waals surface area contributed by atoms with E-state index >= 15 is 0 Å². The third kappa shape index (κ3) is 3.68. The minimum absolute atomic E-state index is 0.0366. The number of nitrogen functional groups attached to an aromatic ring is 7. The summed E-state index contributed by atoms with van der Waals surface area (Å²) in [5, 5.41) is 0. The molecule has 0 fully saturated rings. The Morgan fingerprint density at radius 2 is 0.583 bits per heavy atom. The van der Waals surface area contributed by atoms with E-state index in [9.17, 15) is 0 Å². The maximum Gasteiger partial charge on any atom is 0.184 e. The van der Waals surface area contributed by atoms with Crippen molar-refractivity contribution in [3.63, 3.8) is 0 Å². The Hall–Kier alpha value is -7.72. The Morgan fingerprint density at radius 3 is 0.917 bits per heavy atom. The fraction of sp³-hybridized carbons (Fsp3) is 0.0400. The maximum atomic E-state index is 6.16. The molecule has 23 heteroatoms. The van der Waals surface area contributed by atoms with Crippen LogP contribution >= 0.6 is 0 Å². The van der Waals surface area contributed by atoms with E-state index < -0.39 is 0 Å². The van der Waals surface area contributed by atoms with Crippen LogP contribution in [0, 0.1) is 6.92 Å². The number of nitrogens with zero attached hydrogens (tertiary/aromatic N) is 14. The van der Waals surface area contributed by atoms with Gasteiger partial charge in [-0.25, -0.2) is 69.8 Å². The molecule has 8 bridgehead atoms. The number of fused-ring (bicyclic) bond motifs is 20. The van der Waals surface area contributed by atoms with Crippen LogP contribution in [0.2, 0.25) is 0 Å². The van der Waals surface area contributed by atoms with Gasteiger partial charge in [0.05, 0.1) is 5.69 Å². The van der Waals surface area contributed by atoms with Crippen LogP contribution in [-0.2, 0) is 0 Å². The Kier molecular flexibility index (Phi) is 4.96. The predicted molar refractivity (Wildman–Crippen MR) is 174 cm³/mol. The summed E-state index contributed by atoms with van der Waals surface area (Å²) in [6, 6.07) is 0. The van der Waals surface area contributed by atoms with Crippen LogP contribution in [0.15, 0.2) is 0 Å². The van der Waals surface area contributed by atoms with Gasteiger partial charge >= 0.3 is 0 Å². The first-order valence-electron chi connectivity index (χ1n) is 13.8. The highest BCUT2D eigenvalue weighted by Gasteiger charge is 2.28. The molecular weight excluding hydrogens is 622 g/mol. The smallest absolute Gasteiger partial charge is 0.184 e. The van der Waals surface area contributed by atoms with Crippen LogP contribution in [0.3, 0.4) is 0 Å². The fourth-order valence-corrected chi connectivity index (χ4v) is 5.13. The van der Waals surface area contributed by atoms with Gasteiger partial charge in [0.1, 0.15) is 50.7 Å². The molecule has 7 aromatic rings. The monoisotopic (exact) mass is 641 g/mol.